The number of nitrogens with two attached hydrogens (primary N) is 1. The Hall–Kier alpha value is -0.690. The normalized spacial score (nSPS) is 52.0. The van der Waals surface area contributed by atoms with Gasteiger partial charge in [0, 0.05) is 17.8 Å². The van der Waals surface area contributed by atoms with E-state index in [2.05, 4.69) is 0 Å². The molecule has 4 saturated carbocycles. The van der Waals surface area contributed by atoms with E-state index in [1.54, 1.807) is 6.92 Å². The second-order valence-corrected chi connectivity index (χ2v) is 13.3. The van der Waals surface area contributed by atoms with Crippen LogP contribution in [0.5, 0.6) is 0 Å². The van der Waals surface area contributed by atoms with Crippen molar-refractivity contribution in [2.24, 2.45) is 58.5 Å². The van der Waals surface area contributed by atoms with E-state index in [9.17, 15) is 40.5 Å². The molecule has 10 heteroatoms. The second-order valence-electron chi connectivity index (χ2n) is 13.3. The Morgan fingerprint density at radius 2 is 1.70 bits per heavy atom. The third kappa shape index (κ3) is 4.40. The Morgan fingerprint density at radius 1 is 1.08 bits per heavy atom. The van der Waals surface area contributed by atoms with Crippen LogP contribution in [0.25, 0.3) is 0 Å². The van der Waals surface area contributed by atoms with Crippen molar-refractivity contribution >= 4 is 5.78 Å². The van der Waals surface area contributed by atoms with Crippen molar-refractivity contribution < 1.29 is 45.3 Å². The lowest BCUT2D eigenvalue weighted by atomic mass is 9.45. The molecule has 0 aliphatic heterocycles. The number of hydrogen-bond donors (Lipinski definition) is 8. The molecule has 0 radical (unpaired) electrons. The second kappa shape index (κ2) is 10.1. The number of Topliss-reactive ketones (excluding diaryl/α,β-unsaturated/α-hetero) is 1. The summed E-state index contributed by atoms with van der Waals surface area (Å²) in [5.74, 6) is -5.84. The van der Waals surface area contributed by atoms with Gasteiger partial charge in [0.05, 0.1) is 42.4 Å². The first-order valence-corrected chi connectivity index (χ1v) is 13.8. The fraction of sp³-hybridized carbons (Fsp3) is 0.963. The van der Waals surface area contributed by atoms with E-state index in [0.29, 0.717) is 6.42 Å². The molecule has 0 aromatic rings. The van der Waals surface area contributed by atoms with E-state index in [4.69, 9.17) is 10.5 Å². The predicted molar refractivity (Wildman–Crippen MR) is 132 cm³/mol. The van der Waals surface area contributed by atoms with E-state index in [0.717, 1.165) is 6.42 Å². The van der Waals surface area contributed by atoms with Gasteiger partial charge in [-0.2, -0.15) is 0 Å². The molecule has 4 aliphatic carbocycles. The molecule has 10 nitrogen and oxygen atoms in total. The van der Waals surface area contributed by atoms with Gasteiger partial charge in [0.1, 0.15) is 17.6 Å². The van der Waals surface area contributed by atoms with Crippen LogP contribution < -0.4 is 5.73 Å². The summed E-state index contributed by atoms with van der Waals surface area (Å²) in [7, 11) is 0. The molecular weight excluding hydrogens is 482 g/mol. The van der Waals surface area contributed by atoms with Gasteiger partial charge >= 0.3 is 0 Å². The highest BCUT2D eigenvalue weighted by Gasteiger charge is 2.71. The van der Waals surface area contributed by atoms with Crippen LogP contribution in [-0.4, -0.2) is 90.2 Å². The minimum absolute atomic E-state index is 0.126. The Balaban J connectivity index is 1.81. The van der Waals surface area contributed by atoms with Crippen LogP contribution in [0.1, 0.15) is 60.3 Å². The van der Waals surface area contributed by atoms with Crippen molar-refractivity contribution in [2.45, 2.75) is 109 Å². The Morgan fingerprint density at radius 3 is 2.24 bits per heavy atom. The number of ketones is 1. The van der Waals surface area contributed by atoms with Gasteiger partial charge in [-0.1, -0.05) is 34.6 Å². The third-order valence-corrected chi connectivity index (χ3v) is 10.5. The fourth-order valence-electron chi connectivity index (χ4n) is 8.60. The summed E-state index contributed by atoms with van der Waals surface area (Å²) in [6.45, 7) is 9.76. The van der Waals surface area contributed by atoms with Crippen molar-refractivity contribution in [3.8, 4) is 0 Å². The minimum atomic E-state index is -2.34. The average Bonchev–Trinajstić information content (AvgIpc) is 2.79. The number of carbonyl (C=O) groups excluding carboxylic acids is 1. The van der Waals surface area contributed by atoms with Crippen molar-refractivity contribution in [3.05, 3.63) is 0 Å². The molecule has 4 aliphatic rings. The zero-order chi connectivity index (χ0) is 27.8. The summed E-state index contributed by atoms with van der Waals surface area (Å²) in [6.07, 6.45) is -8.18. The van der Waals surface area contributed by atoms with Crippen molar-refractivity contribution in [2.75, 3.05) is 0 Å². The maximum atomic E-state index is 14.2. The number of rotatable bonds is 4. The smallest absolute Gasteiger partial charge is 0.154 e. The van der Waals surface area contributed by atoms with Crippen LogP contribution in [0.3, 0.4) is 0 Å². The maximum Gasteiger partial charge on any atom is 0.154 e. The largest absolute Gasteiger partial charge is 0.393 e. The average molecular weight is 530 g/mol. The summed E-state index contributed by atoms with van der Waals surface area (Å²) in [5.41, 5.74) is 3.05. The van der Waals surface area contributed by atoms with E-state index >= 15 is 0 Å². The van der Waals surface area contributed by atoms with Crippen molar-refractivity contribution in [3.63, 3.8) is 0 Å². The molecule has 16 atom stereocenters. The SMILES string of the molecule is CCC(O)O[C@H]1[C@H]2C(C(=O)C3C(O)C(C(C)(C)C)CCC3[C@@H]2C)C(O)[C@]2(O)C(O)C(C(N)O)C(O)C[C@H]12. The van der Waals surface area contributed by atoms with Crippen LogP contribution in [0.15, 0.2) is 0 Å². The molecule has 0 bridgehead atoms. The van der Waals surface area contributed by atoms with Crippen LogP contribution >= 0.6 is 0 Å². The molecule has 9 N–H and O–H groups in total. The molecule has 0 amide bonds. The monoisotopic (exact) mass is 529 g/mol. The van der Waals surface area contributed by atoms with Crippen LogP contribution in [0, 0.1) is 52.8 Å². The summed E-state index contributed by atoms with van der Waals surface area (Å²) in [4.78, 5) is 14.2. The van der Waals surface area contributed by atoms with Gasteiger partial charge in [0.2, 0.25) is 0 Å². The zero-order valence-corrected chi connectivity index (χ0v) is 22.5. The standard InChI is InChI=1S/C27H47NO9/c1-6-15(30)37-22-13-9-14(29)18(25(28)35)23(33)27(13,36)24(34)19-16(22)10(2)11-7-8-12(26(3,4)5)20(31)17(11)21(19)32/h10-20,22-25,29-31,33-36H,6-9,28H2,1-5H3/t10-,11?,12?,13+,14?,15?,16+,17?,18?,19?,20?,22+,23?,24?,25?,27+/m0/s1. The van der Waals surface area contributed by atoms with Gasteiger partial charge in [-0.05, 0) is 48.9 Å². The molecule has 0 heterocycles. The molecule has 11 unspecified atom stereocenters. The molecule has 4 fully saturated rings. The van der Waals surface area contributed by atoms with Gasteiger partial charge in [-0.15, -0.1) is 0 Å². The van der Waals surface area contributed by atoms with Gasteiger partial charge in [0.15, 0.2) is 6.29 Å². The van der Waals surface area contributed by atoms with E-state index in [-0.39, 0.29) is 41.8 Å². The van der Waals surface area contributed by atoms with Crippen LogP contribution in [-0.2, 0) is 9.53 Å². The van der Waals surface area contributed by atoms with Gasteiger partial charge < -0.3 is 46.2 Å². The zero-order valence-electron chi connectivity index (χ0n) is 22.5. The summed E-state index contributed by atoms with van der Waals surface area (Å²) < 4.78 is 6.04. The van der Waals surface area contributed by atoms with E-state index in [1.807, 2.05) is 27.7 Å². The predicted octanol–water partition coefficient (Wildman–Crippen LogP) is -0.659. The number of aliphatic hydroxyl groups excluding tert-OH is 6. The number of aliphatic hydroxyl groups is 7. The van der Waals surface area contributed by atoms with E-state index in [1.165, 1.54) is 0 Å². The fourth-order valence-corrected chi connectivity index (χ4v) is 8.60. The molecule has 0 spiro atoms. The highest BCUT2D eigenvalue weighted by Crippen LogP contribution is 2.60. The Bertz CT molecular complexity index is 848. The molecule has 37 heavy (non-hydrogen) atoms. The molecule has 214 valence electrons. The Labute approximate surface area is 218 Å². The lowest BCUT2D eigenvalue weighted by Gasteiger charge is -2.64. The number of carbonyl (C=O) groups is 1. The van der Waals surface area contributed by atoms with Crippen molar-refractivity contribution in [1.82, 2.24) is 0 Å². The number of hydrogen-bond acceptors (Lipinski definition) is 10. The molecule has 0 saturated heterocycles. The highest BCUT2D eigenvalue weighted by molar-refractivity contribution is 5.87. The van der Waals surface area contributed by atoms with Gasteiger partial charge in [0.25, 0.3) is 0 Å². The van der Waals surface area contributed by atoms with Crippen LogP contribution in [0.4, 0.5) is 0 Å². The third-order valence-electron chi connectivity index (χ3n) is 10.5. The van der Waals surface area contributed by atoms with Crippen molar-refractivity contribution in [1.29, 1.82) is 0 Å². The quantitative estimate of drug-likeness (QED) is 0.217. The topological polar surface area (TPSA) is 194 Å². The number of ether oxygens (including phenoxy) is 1. The molecular formula is C27H47NO9. The lowest BCUT2D eigenvalue weighted by molar-refractivity contribution is -0.322. The lowest BCUT2D eigenvalue weighted by Crippen LogP contribution is -2.78. The van der Waals surface area contributed by atoms with Gasteiger partial charge in [-0.25, -0.2) is 0 Å². The van der Waals surface area contributed by atoms with Gasteiger partial charge in [-0.3, -0.25) is 4.79 Å². The molecule has 0 aromatic carbocycles. The molecule has 4 rings (SSSR count). The number of fused-ring (bicyclic) bond motifs is 3. The summed E-state index contributed by atoms with van der Waals surface area (Å²) >= 11 is 0. The molecule has 0 aromatic heterocycles. The van der Waals surface area contributed by atoms with E-state index < -0.39 is 78.2 Å². The first kappa shape index (κ1) is 29.3. The van der Waals surface area contributed by atoms with Crippen LogP contribution in [0.2, 0.25) is 0 Å². The minimum Gasteiger partial charge on any atom is -0.393 e. The summed E-state index contributed by atoms with van der Waals surface area (Å²) in [5, 5.41) is 77.7. The first-order chi connectivity index (χ1) is 17.1. The maximum absolute atomic E-state index is 14.2. The highest BCUT2D eigenvalue weighted by atomic mass is 16.6. The first-order valence-electron chi connectivity index (χ1n) is 13.8. The Kier molecular flexibility index (Phi) is 7.96. The summed E-state index contributed by atoms with van der Waals surface area (Å²) in [6, 6.07) is 0.